The fourth-order valence-corrected chi connectivity index (χ4v) is 2.50. The van der Waals surface area contributed by atoms with Crippen LogP contribution in [0.3, 0.4) is 0 Å². The van der Waals surface area contributed by atoms with E-state index in [1.807, 2.05) is 7.05 Å². The molecule has 2 heterocycles. The molecule has 1 aliphatic rings. The van der Waals surface area contributed by atoms with Crippen LogP contribution in [0.15, 0.2) is 18.2 Å². The van der Waals surface area contributed by atoms with Gasteiger partial charge in [-0.15, -0.1) is 0 Å². The van der Waals surface area contributed by atoms with Crippen molar-refractivity contribution in [1.29, 1.82) is 0 Å². The first-order valence-corrected chi connectivity index (χ1v) is 6.63. The van der Waals surface area contributed by atoms with Crippen molar-refractivity contribution < 1.29 is 0 Å². The van der Waals surface area contributed by atoms with Gasteiger partial charge in [-0.05, 0) is 57.8 Å². The van der Waals surface area contributed by atoms with E-state index in [4.69, 9.17) is 0 Å². The van der Waals surface area contributed by atoms with Gasteiger partial charge in [-0.1, -0.05) is 6.07 Å². The van der Waals surface area contributed by atoms with Gasteiger partial charge in [-0.25, -0.2) is 4.98 Å². The Bertz CT molecular complexity index is 343. The van der Waals surface area contributed by atoms with Crippen LogP contribution in [0.4, 0.5) is 5.82 Å². The summed E-state index contributed by atoms with van der Waals surface area (Å²) in [6, 6.07) is 6.29. The lowest BCUT2D eigenvalue weighted by atomic mass is 9.93. The van der Waals surface area contributed by atoms with Gasteiger partial charge in [-0.3, -0.25) is 0 Å². The Morgan fingerprint density at radius 1 is 1.35 bits per heavy atom. The summed E-state index contributed by atoms with van der Waals surface area (Å²) in [6.45, 7) is 5.52. The lowest BCUT2D eigenvalue weighted by Crippen LogP contribution is -2.35. The third-order valence-electron chi connectivity index (χ3n) is 3.61. The fourth-order valence-electron chi connectivity index (χ4n) is 2.50. The summed E-state index contributed by atoms with van der Waals surface area (Å²) < 4.78 is 0. The van der Waals surface area contributed by atoms with Gasteiger partial charge in [0.15, 0.2) is 0 Å². The molecule has 0 radical (unpaired) electrons. The lowest BCUT2D eigenvalue weighted by molar-refractivity contribution is 0.377. The minimum absolute atomic E-state index is 0.892. The molecule has 3 heteroatoms. The molecule has 1 aromatic rings. The van der Waals surface area contributed by atoms with Crippen molar-refractivity contribution in [2.24, 2.45) is 5.92 Å². The molecule has 1 N–H and O–H groups in total. The number of rotatable bonds is 4. The highest BCUT2D eigenvalue weighted by Crippen LogP contribution is 2.23. The molecule has 0 bridgehead atoms. The Balaban J connectivity index is 1.86. The van der Waals surface area contributed by atoms with Gasteiger partial charge < -0.3 is 10.2 Å². The molecule has 2 rings (SSSR count). The van der Waals surface area contributed by atoms with Gasteiger partial charge in [0.2, 0.25) is 0 Å². The van der Waals surface area contributed by atoms with Gasteiger partial charge >= 0.3 is 0 Å². The van der Waals surface area contributed by atoms with Crippen molar-refractivity contribution >= 4 is 5.82 Å². The van der Waals surface area contributed by atoms with Crippen LogP contribution in [0.2, 0.25) is 0 Å². The highest BCUT2D eigenvalue weighted by molar-refractivity contribution is 5.39. The van der Waals surface area contributed by atoms with Crippen LogP contribution in [0.25, 0.3) is 0 Å². The second-order valence-corrected chi connectivity index (χ2v) is 4.96. The molecule has 17 heavy (non-hydrogen) atoms. The summed E-state index contributed by atoms with van der Waals surface area (Å²) >= 11 is 0. The SMILES string of the molecule is CNCCC1CCN(c2cccc(C)n2)CC1. The number of nitrogens with one attached hydrogen (secondary N) is 1. The average molecular weight is 233 g/mol. The van der Waals surface area contributed by atoms with Crippen molar-refractivity contribution in [3.63, 3.8) is 0 Å². The Kier molecular flexibility index (Phi) is 4.37. The van der Waals surface area contributed by atoms with Crippen LogP contribution < -0.4 is 10.2 Å². The molecule has 1 aliphatic heterocycles. The molecule has 0 aliphatic carbocycles. The van der Waals surface area contributed by atoms with Gasteiger partial charge in [0.1, 0.15) is 5.82 Å². The summed E-state index contributed by atoms with van der Waals surface area (Å²) in [5.41, 5.74) is 1.11. The van der Waals surface area contributed by atoms with E-state index in [1.54, 1.807) is 0 Å². The molecular weight excluding hydrogens is 210 g/mol. The molecule has 1 saturated heterocycles. The molecule has 0 unspecified atom stereocenters. The number of pyridine rings is 1. The lowest BCUT2D eigenvalue weighted by Gasteiger charge is -2.33. The van der Waals surface area contributed by atoms with Crippen LogP contribution in [-0.2, 0) is 0 Å². The summed E-state index contributed by atoms with van der Waals surface area (Å²) in [6.07, 6.45) is 3.92. The van der Waals surface area contributed by atoms with Crippen LogP contribution in [-0.4, -0.2) is 31.7 Å². The monoisotopic (exact) mass is 233 g/mol. The summed E-state index contributed by atoms with van der Waals surface area (Å²) in [7, 11) is 2.03. The van der Waals surface area contributed by atoms with Crippen LogP contribution in [0, 0.1) is 12.8 Å². The summed E-state index contributed by atoms with van der Waals surface area (Å²) in [5.74, 6) is 2.04. The number of aromatic nitrogens is 1. The normalized spacial score (nSPS) is 17.4. The standard InChI is InChI=1S/C14H23N3/c1-12-4-3-5-14(16-12)17-10-7-13(8-11-17)6-9-15-2/h3-5,13,15H,6-11H2,1-2H3. The third-order valence-corrected chi connectivity index (χ3v) is 3.61. The predicted octanol–water partition coefficient (Wildman–Crippen LogP) is 2.22. The highest BCUT2D eigenvalue weighted by Gasteiger charge is 2.19. The Labute approximate surface area is 104 Å². The maximum atomic E-state index is 4.60. The molecule has 1 fully saturated rings. The number of anilines is 1. The molecule has 94 valence electrons. The molecule has 0 aromatic carbocycles. The summed E-state index contributed by atoms with van der Waals surface area (Å²) in [4.78, 5) is 7.02. The molecule has 0 saturated carbocycles. The average Bonchev–Trinajstić information content (AvgIpc) is 2.37. The fraction of sp³-hybridized carbons (Fsp3) is 0.643. The maximum absolute atomic E-state index is 4.60. The van der Waals surface area contributed by atoms with E-state index in [0.29, 0.717) is 0 Å². The first kappa shape index (κ1) is 12.4. The van der Waals surface area contributed by atoms with E-state index in [0.717, 1.165) is 37.1 Å². The molecule has 3 nitrogen and oxygen atoms in total. The van der Waals surface area contributed by atoms with Gasteiger partial charge in [-0.2, -0.15) is 0 Å². The van der Waals surface area contributed by atoms with Crippen molar-refractivity contribution in [2.75, 3.05) is 31.6 Å². The van der Waals surface area contributed by atoms with Crippen molar-refractivity contribution in [3.8, 4) is 0 Å². The molecule has 0 atom stereocenters. The predicted molar refractivity (Wildman–Crippen MR) is 72.5 cm³/mol. The van der Waals surface area contributed by atoms with Gasteiger partial charge in [0.25, 0.3) is 0 Å². The second-order valence-electron chi connectivity index (χ2n) is 4.96. The first-order chi connectivity index (χ1) is 8.29. The van der Waals surface area contributed by atoms with E-state index in [-0.39, 0.29) is 0 Å². The number of piperidine rings is 1. The quantitative estimate of drug-likeness (QED) is 0.864. The van der Waals surface area contributed by atoms with E-state index in [2.05, 4.69) is 40.3 Å². The molecule has 0 spiro atoms. The zero-order chi connectivity index (χ0) is 12.1. The zero-order valence-electron chi connectivity index (χ0n) is 10.9. The molecule has 1 aromatic heterocycles. The first-order valence-electron chi connectivity index (χ1n) is 6.63. The van der Waals surface area contributed by atoms with E-state index in [1.165, 1.54) is 19.3 Å². The van der Waals surface area contributed by atoms with Gasteiger partial charge in [0, 0.05) is 18.8 Å². The van der Waals surface area contributed by atoms with Crippen LogP contribution in [0.5, 0.6) is 0 Å². The number of hydrogen-bond donors (Lipinski definition) is 1. The van der Waals surface area contributed by atoms with E-state index < -0.39 is 0 Å². The summed E-state index contributed by atoms with van der Waals surface area (Å²) in [5, 5.41) is 3.24. The van der Waals surface area contributed by atoms with Crippen LogP contribution in [0.1, 0.15) is 25.0 Å². The topological polar surface area (TPSA) is 28.2 Å². The van der Waals surface area contributed by atoms with E-state index in [9.17, 15) is 0 Å². The zero-order valence-corrected chi connectivity index (χ0v) is 10.9. The number of hydrogen-bond acceptors (Lipinski definition) is 3. The van der Waals surface area contributed by atoms with Crippen molar-refractivity contribution in [1.82, 2.24) is 10.3 Å². The van der Waals surface area contributed by atoms with Crippen molar-refractivity contribution in [2.45, 2.75) is 26.2 Å². The van der Waals surface area contributed by atoms with Gasteiger partial charge in [0.05, 0.1) is 0 Å². The number of aryl methyl sites for hydroxylation is 1. The minimum atomic E-state index is 0.892. The Hall–Kier alpha value is -1.09. The third kappa shape index (κ3) is 3.43. The van der Waals surface area contributed by atoms with Crippen LogP contribution >= 0.6 is 0 Å². The number of nitrogens with zero attached hydrogens (tertiary/aromatic N) is 2. The second kappa shape index (κ2) is 6.01. The largest absolute Gasteiger partial charge is 0.357 e. The van der Waals surface area contributed by atoms with Crippen molar-refractivity contribution in [3.05, 3.63) is 23.9 Å². The smallest absolute Gasteiger partial charge is 0.128 e. The minimum Gasteiger partial charge on any atom is -0.357 e. The highest BCUT2D eigenvalue weighted by atomic mass is 15.2. The maximum Gasteiger partial charge on any atom is 0.128 e. The Morgan fingerprint density at radius 3 is 2.76 bits per heavy atom. The van der Waals surface area contributed by atoms with E-state index >= 15 is 0 Å². The molecule has 0 amide bonds. The molecular formula is C14H23N3. The Morgan fingerprint density at radius 2 is 2.12 bits per heavy atom.